The van der Waals surface area contributed by atoms with Gasteiger partial charge in [-0.25, -0.2) is 15.0 Å². The second kappa shape index (κ2) is 7.70. The zero-order valence-electron chi connectivity index (χ0n) is 14.2. The van der Waals surface area contributed by atoms with Crippen LogP contribution in [-0.2, 0) is 6.42 Å². The van der Waals surface area contributed by atoms with Crippen LogP contribution in [0.15, 0.2) is 18.5 Å². The number of carbonyl (C=O) groups excluding carboxylic acids is 1. The van der Waals surface area contributed by atoms with Crippen LogP contribution in [0.3, 0.4) is 0 Å². The maximum absolute atomic E-state index is 12.8. The lowest BCUT2D eigenvalue weighted by molar-refractivity contribution is 0.0750. The first-order chi connectivity index (χ1) is 11.7. The summed E-state index contributed by atoms with van der Waals surface area (Å²) in [5, 5.41) is 1.08. The van der Waals surface area contributed by atoms with Gasteiger partial charge in [-0.15, -0.1) is 11.3 Å². The minimum Gasteiger partial charge on any atom is -0.337 e. The molecule has 1 aliphatic rings. The molecule has 0 aromatic carbocycles. The molecule has 7 heteroatoms. The summed E-state index contributed by atoms with van der Waals surface area (Å²) in [7, 11) is 0. The third-order valence-corrected chi connectivity index (χ3v) is 5.39. The molecule has 1 aliphatic heterocycles. The van der Waals surface area contributed by atoms with Gasteiger partial charge in [0, 0.05) is 38.6 Å². The van der Waals surface area contributed by atoms with Gasteiger partial charge in [0.15, 0.2) is 0 Å². The summed E-state index contributed by atoms with van der Waals surface area (Å²) in [6.45, 7) is 7.01. The average molecular weight is 345 g/mol. The fourth-order valence-corrected chi connectivity index (χ4v) is 3.87. The number of amides is 1. The first-order valence-electron chi connectivity index (χ1n) is 8.46. The van der Waals surface area contributed by atoms with Gasteiger partial charge in [0.2, 0.25) is 5.95 Å². The van der Waals surface area contributed by atoms with Gasteiger partial charge in [0.05, 0.1) is 10.7 Å². The number of unbranched alkanes of at least 4 members (excludes halogenated alkanes) is 1. The van der Waals surface area contributed by atoms with Crippen LogP contribution in [0, 0.1) is 6.92 Å². The van der Waals surface area contributed by atoms with E-state index in [0.717, 1.165) is 53.9 Å². The third-order valence-electron chi connectivity index (χ3n) is 4.18. The lowest BCUT2D eigenvalue weighted by atomic mass is 10.2. The first kappa shape index (κ1) is 16.8. The quantitative estimate of drug-likeness (QED) is 0.833. The normalized spacial score (nSPS) is 14.9. The molecule has 0 unspecified atom stereocenters. The number of piperazine rings is 1. The number of nitrogens with zero attached hydrogens (tertiary/aromatic N) is 5. The van der Waals surface area contributed by atoms with Crippen molar-refractivity contribution in [3.63, 3.8) is 0 Å². The summed E-state index contributed by atoms with van der Waals surface area (Å²) in [5.41, 5.74) is 0.866. The standard InChI is InChI=1S/C17H23N5OS/c1-3-4-6-14-20-13(2)15(24-14)16(23)21-9-11-22(12-10-21)17-18-7-5-8-19-17/h5,7-8H,3-4,6,9-12H2,1-2H3. The number of rotatable bonds is 5. The number of aryl methyl sites for hydroxylation is 2. The van der Waals surface area contributed by atoms with E-state index in [0.29, 0.717) is 13.1 Å². The molecule has 3 rings (SSSR count). The molecule has 0 spiro atoms. The SMILES string of the molecule is CCCCc1nc(C)c(C(=O)N2CCN(c3ncccn3)CC2)s1. The highest BCUT2D eigenvalue weighted by Crippen LogP contribution is 2.22. The molecule has 0 aliphatic carbocycles. The molecule has 1 saturated heterocycles. The zero-order valence-corrected chi connectivity index (χ0v) is 15.1. The minimum atomic E-state index is 0.112. The maximum atomic E-state index is 12.8. The van der Waals surface area contributed by atoms with Crippen LogP contribution >= 0.6 is 11.3 Å². The van der Waals surface area contributed by atoms with Crippen molar-refractivity contribution in [1.29, 1.82) is 0 Å². The van der Waals surface area contributed by atoms with Crippen molar-refractivity contribution >= 4 is 23.2 Å². The number of thiazole rings is 1. The van der Waals surface area contributed by atoms with E-state index in [9.17, 15) is 4.79 Å². The van der Waals surface area contributed by atoms with E-state index < -0.39 is 0 Å². The maximum Gasteiger partial charge on any atom is 0.265 e. The van der Waals surface area contributed by atoms with Crippen LogP contribution in [0.4, 0.5) is 5.95 Å². The number of carbonyl (C=O) groups is 1. The molecule has 1 fully saturated rings. The summed E-state index contributed by atoms with van der Waals surface area (Å²) in [5.74, 6) is 0.849. The highest BCUT2D eigenvalue weighted by atomic mass is 32.1. The van der Waals surface area contributed by atoms with E-state index in [1.165, 1.54) is 0 Å². The van der Waals surface area contributed by atoms with Crippen molar-refractivity contribution in [1.82, 2.24) is 19.9 Å². The number of aromatic nitrogens is 3. The van der Waals surface area contributed by atoms with Crippen molar-refractivity contribution in [2.24, 2.45) is 0 Å². The van der Waals surface area contributed by atoms with Crippen LogP contribution < -0.4 is 4.90 Å². The molecule has 0 N–H and O–H groups in total. The van der Waals surface area contributed by atoms with E-state index in [-0.39, 0.29) is 5.91 Å². The van der Waals surface area contributed by atoms with E-state index in [4.69, 9.17) is 0 Å². The van der Waals surface area contributed by atoms with Crippen molar-refractivity contribution < 1.29 is 4.79 Å². The Morgan fingerprint density at radius 2 is 1.92 bits per heavy atom. The van der Waals surface area contributed by atoms with Gasteiger partial charge < -0.3 is 9.80 Å². The Bertz CT molecular complexity index is 680. The Morgan fingerprint density at radius 3 is 2.58 bits per heavy atom. The largest absolute Gasteiger partial charge is 0.337 e. The lowest BCUT2D eigenvalue weighted by Crippen LogP contribution is -2.49. The fourth-order valence-electron chi connectivity index (χ4n) is 2.79. The second-order valence-corrected chi connectivity index (χ2v) is 7.04. The molecule has 0 bridgehead atoms. The van der Waals surface area contributed by atoms with Crippen LogP contribution in [0.25, 0.3) is 0 Å². The Balaban J connectivity index is 1.62. The van der Waals surface area contributed by atoms with E-state index >= 15 is 0 Å². The van der Waals surface area contributed by atoms with Crippen LogP contribution in [0.1, 0.15) is 40.1 Å². The van der Waals surface area contributed by atoms with Gasteiger partial charge in [0.1, 0.15) is 4.88 Å². The molecule has 0 radical (unpaired) electrons. The zero-order chi connectivity index (χ0) is 16.9. The number of hydrogen-bond acceptors (Lipinski definition) is 6. The highest BCUT2D eigenvalue weighted by molar-refractivity contribution is 7.13. The van der Waals surface area contributed by atoms with Gasteiger partial charge in [-0.1, -0.05) is 13.3 Å². The van der Waals surface area contributed by atoms with Crippen molar-refractivity contribution in [3.05, 3.63) is 34.0 Å². The number of anilines is 1. The summed E-state index contributed by atoms with van der Waals surface area (Å²) in [6.07, 6.45) is 6.73. The summed E-state index contributed by atoms with van der Waals surface area (Å²) >= 11 is 1.56. The second-order valence-electron chi connectivity index (χ2n) is 5.95. The van der Waals surface area contributed by atoms with Gasteiger partial charge in [0.25, 0.3) is 5.91 Å². The molecule has 24 heavy (non-hydrogen) atoms. The average Bonchev–Trinajstić information content (AvgIpc) is 3.01. The smallest absolute Gasteiger partial charge is 0.265 e. The van der Waals surface area contributed by atoms with Crippen LogP contribution in [0.2, 0.25) is 0 Å². The Labute approximate surface area is 146 Å². The van der Waals surface area contributed by atoms with Crippen molar-refractivity contribution in [3.8, 4) is 0 Å². The molecule has 6 nitrogen and oxygen atoms in total. The summed E-state index contributed by atoms with van der Waals surface area (Å²) in [4.78, 5) is 30.8. The van der Waals surface area contributed by atoms with Gasteiger partial charge >= 0.3 is 0 Å². The minimum absolute atomic E-state index is 0.112. The monoisotopic (exact) mass is 345 g/mol. The first-order valence-corrected chi connectivity index (χ1v) is 9.28. The van der Waals surface area contributed by atoms with E-state index in [1.807, 2.05) is 17.9 Å². The molecule has 3 heterocycles. The summed E-state index contributed by atoms with van der Waals surface area (Å²) in [6, 6.07) is 1.81. The van der Waals surface area contributed by atoms with E-state index in [1.54, 1.807) is 23.7 Å². The van der Waals surface area contributed by atoms with Crippen LogP contribution in [0.5, 0.6) is 0 Å². The van der Waals surface area contributed by atoms with Crippen LogP contribution in [-0.4, -0.2) is 51.9 Å². The molecular weight excluding hydrogens is 322 g/mol. The van der Waals surface area contributed by atoms with Gasteiger partial charge in [-0.2, -0.15) is 0 Å². The summed E-state index contributed by atoms with van der Waals surface area (Å²) < 4.78 is 0. The van der Waals surface area contributed by atoms with Gasteiger partial charge in [-0.3, -0.25) is 4.79 Å². The molecule has 0 atom stereocenters. The molecule has 2 aromatic heterocycles. The number of hydrogen-bond donors (Lipinski definition) is 0. The van der Waals surface area contributed by atoms with Crippen molar-refractivity contribution in [2.45, 2.75) is 33.1 Å². The predicted molar refractivity (Wildman–Crippen MR) is 95.6 cm³/mol. The van der Waals surface area contributed by atoms with Crippen molar-refractivity contribution in [2.75, 3.05) is 31.1 Å². The fraction of sp³-hybridized carbons (Fsp3) is 0.529. The lowest BCUT2D eigenvalue weighted by Gasteiger charge is -2.34. The Kier molecular flexibility index (Phi) is 5.40. The van der Waals surface area contributed by atoms with Gasteiger partial charge in [-0.05, 0) is 25.8 Å². The molecule has 0 saturated carbocycles. The highest BCUT2D eigenvalue weighted by Gasteiger charge is 2.26. The predicted octanol–water partition coefficient (Wildman–Crippen LogP) is 2.55. The topological polar surface area (TPSA) is 62.2 Å². The Morgan fingerprint density at radius 1 is 1.21 bits per heavy atom. The Hall–Kier alpha value is -2.02. The molecule has 1 amide bonds. The molecular formula is C17H23N5OS. The molecule has 2 aromatic rings. The molecule has 128 valence electrons. The third kappa shape index (κ3) is 3.72. The van der Waals surface area contributed by atoms with E-state index in [2.05, 4.69) is 26.8 Å².